The smallest absolute Gasteiger partial charge is 0.342 e. The van der Waals surface area contributed by atoms with Crippen molar-refractivity contribution in [2.45, 2.75) is 9.24 Å². The number of nitro benzene ring substituents is 1. The van der Waals surface area contributed by atoms with E-state index in [-0.39, 0.29) is 5.56 Å². The van der Waals surface area contributed by atoms with E-state index in [1.165, 1.54) is 41.3 Å². The average molecular weight is 326 g/mol. The lowest BCUT2D eigenvalue weighted by molar-refractivity contribution is -0.385. The third kappa shape index (κ3) is 3.47. The fourth-order valence-electron chi connectivity index (χ4n) is 1.43. The lowest BCUT2D eigenvalue weighted by Gasteiger charge is -2.04. The number of hydrogen-bond donors (Lipinski definition) is 1. The van der Waals surface area contributed by atoms with Crippen molar-refractivity contribution in [3.8, 4) is 0 Å². The first kappa shape index (κ1) is 15.2. The van der Waals surface area contributed by atoms with Crippen LogP contribution in [0, 0.1) is 10.1 Å². The molecule has 8 nitrogen and oxygen atoms in total. The van der Waals surface area contributed by atoms with Crippen molar-refractivity contribution in [2.24, 2.45) is 0 Å². The van der Waals surface area contributed by atoms with E-state index in [4.69, 9.17) is 5.11 Å². The molecule has 0 bridgehead atoms. The average Bonchev–Trinajstić information content (AvgIpc) is 2.87. The molecule has 110 valence electrons. The van der Waals surface area contributed by atoms with Crippen LogP contribution in [0.5, 0.6) is 0 Å². The maximum atomic E-state index is 10.9. The Kier molecular flexibility index (Phi) is 4.38. The van der Waals surface area contributed by atoms with Gasteiger partial charge in [0.25, 0.3) is 5.69 Å². The van der Waals surface area contributed by atoms with Crippen LogP contribution in [0.25, 0.3) is 0 Å². The number of hydrogen-bond acceptors (Lipinski definition) is 8. The first-order valence-corrected chi connectivity index (χ1v) is 7.22. The van der Waals surface area contributed by atoms with E-state index in [0.29, 0.717) is 14.4 Å². The Morgan fingerprint density at radius 1 is 1.43 bits per heavy atom. The number of rotatable bonds is 5. The third-order valence-electron chi connectivity index (χ3n) is 2.38. The second-order valence-electron chi connectivity index (χ2n) is 4.09. The highest BCUT2D eigenvalue weighted by Gasteiger charge is 2.20. The molecule has 2 rings (SSSR count). The molecule has 0 saturated carbocycles. The largest absolute Gasteiger partial charge is 0.477 e. The summed E-state index contributed by atoms with van der Waals surface area (Å²) >= 11 is 2.54. The van der Waals surface area contributed by atoms with Crippen molar-refractivity contribution in [2.75, 3.05) is 19.0 Å². The fourth-order valence-corrected chi connectivity index (χ4v) is 3.20. The molecule has 0 radical (unpaired) electrons. The quantitative estimate of drug-likeness (QED) is 0.658. The van der Waals surface area contributed by atoms with Crippen molar-refractivity contribution < 1.29 is 14.8 Å². The normalized spacial score (nSPS) is 10.4. The summed E-state index contributed by atoms with van der Waals surface area (Å²) in [6.45, 7) is 0. The molecule has 0 aliphatic heterocycles. The molecule has 0 amide bonds. The van der Waals surface area contributed by atoms with Gasteiger partial charge in [0.05, 0.1) is 4.92 Å². The minimum atomic E-state index is -1.33. The molecular formula is C11H10N4O4S2. The van der Waals surface area contributed by atoms with Crippen molar-refractivity contribution in [1.82, 2.24) is 10.2 Å². The van der Waals surface area contributed by atoms with Gasteiger partial charge in [0.15, 0.2) is 4.34 Å². The SMILES string of the molecule is CN(C)c1nnc(Sc2ccc(C(=O)O)c([N+](=O)[O-])c2)s1. The van der Waals surface area contributed by atoms with Crippen LogP contribution in [0.15, 0.2) is 27.4 Å². The van der Waals surface area contributed by atoms with Crippen LogP contribution in [-0.2, 0) is 0 Å². The van der Waals surface area contributed by atoms with Crippen molar-refractivity contribution in [3.63, 3.8) is 0 Å². The van der Waals surface area contributed by atoms with Gasteiger partial charge in [-0.05, 0) is 12.1 Å². The molecule has 1 aromatic carbocycles. The fraction of sp³-hybridized carbons (Fsp3) is 0.182. The number of anilines is 1. The maximum absolute atomic E-state index is 10.9. The second kappa shape index (κ2) is 6.06. The number of carboxylic acids is 1. The molecule has 0 unspecified atom stereocenters. The Balaban J connectivity index is 2.30. The second-order valence-corrected chi connectivity index (χ2v) is 6.36. The van der Waals surface area contributed by atoms with Gasteiger partial charge in [0, 0.05) is 25.1 Å². The van der Waals surface area contributed by atoms with Gasteiger partial charge in [-0.2, -0.15) is 0 Å². The molecule has 0 saturated heterocycles. The van der Waals surface area contributed by atoms with Gasteiger partial charge in [-0.1, -0.05) is 23.1 Å². The summed E-state index contributed by atoms with van der Waals surface area (Å²) in [6, 6.07) is 3.96. The van der Waals surface area contributed by atoms with Gasteiger partial charge in [-0.3, -0.25) is 10.1 Å². The maximum Gasteiger partial charge on any atom is 0.342 e. The van der Waals surface area contributed by atoms with E-state index >= 15 is 0 Å². The van der Waals surface area contributed by atoms with E-state index in [9.17, 15) is 14.9 Å². The highest BCUT2D eigenvalue weighted by atomic mass is 32.2. The summed E-state index contributed by atoms with van der Waals surface area (Å²) in [6.07, 6.45) is 0. The number of nitrogens with zero attached hydrogens (tertiary/aromatic N) is 4. The van der Waals surface area contributed by atoms with Gasteiger partial charge in [-0.25, -0.2) is 4.79 Å². The van der Waals surface area contributed by atoms with Crippen LogP contribution in [0.3, 0.4) is 0 Å². The van der Waals surface area contributed by atoms with E-state index < -0.39 is 16.6 Å². The van der Waals surface area contributed by atoms with E-state index in [1.807, 2.05) is 14.1 Å². The number of aromatic nitrogens is 2. The topological polar surface area (TPSA) is 109 Å². The molecule has 0 atom stereocenters. The summed E-state index contributed by atoms with van der Waals surface area (Å²) in [5.74, 6) is -1.33. The van der Waals surface area contributed by atoms with Gasteiger partial charge in [0.2, 0.25) is 5.13 Å². The number of aromatic carboxylic acids is 1. The zero-order valence-electron chi connectivity index (χ0n) is 11.0. The highest BCUT2D eigenvalue weighted by Crippen LogP contribution is 2.35. The standard InChI is InChI=1S/C11H10N4O4S2/c1-14(2)10-12-13-11(21-10)20-6-3-4-7(9(16)17)8(5-6)15(18)19/h3-5H,1-2H3,(H,16,17). The predicted octanol–water partition coefficient (Wildman–Crippen LogP) is 2.36. The van der Waals surface area contributed by atoms with Crippen molar-refractivity contribution in [1.29, 1.82) is 0 Å². The van der Waals surface area contributed by atoms with Crippen LogP contribution in [0.4, 0.5) is 10.8 Å². The van der Waals surface area contributed by atoms with Crippen LogP contribution >= 0.6 is 23.1 Å². The number of benzene rings is 1. The summed E-state index contributed by atoms with van der Waals surface area (Å²) in [7, 11) is 3.67. The Bertz CT molecular complexity index is 701. The Labute approximate surface area is 127 Å². The summed E-state index contributed by atoms with van der Waals surface area (Å²) < 4.78 is 0.621. The highest BCUT2D eigenvalue weighted by molar-refractivity contribution is 8.01. The van der Waals surface area contributed by atoms with Crippen LogP contribution in [0.1, 0.15) is 10.4 Å². The Morgan fingerprint density at radius 3 is 2.67 bits per heavy atom. The number of nitro groups is 1. The molecule has 1 N–H and O–H groups in total. The first-order chi connectivity index (χ1) is 9.88. The summed E-state index contributed by atoms with van der Waals surface area (Å²) in [5.41, 5.74) is -0.777. The van der Waals surface area contributed by atoms with Crippen LogP contribution < -0.4 is 4.90 Å². The predicted molar refractivity (Wildman–Crippen MR) is 78.4 cm³/mol. The zero-order chi connectivity index (χ0) is 15.6. The molecule has 0 aliphatic carbocycles. The van der Waals surface area contributed by atoms with E-state index in [2.05, 4.69) is 10.2 Å². The van der Waals surface area contributed by atoms with Crippen LogP contribution in [0.2, 0.25) is 0 Å². The van der Waals surface area contributed by atoms with Crippen LogP contribution in [-0.4, -0.2) is 40.3 Å². The molecule has 0 aliphatic rings. The molecular weight excluding hydrogens is 316 g/mol. The Morgan fingerprint density at radius 2 is 2.14 bits per heavy atom. The zero-order valence-corrected chi connectivity index (χ0v) is 12.6. The van der Waals surface area contributed by atoms with E-state index in [1.54, 1.807) is 4.90 Å². The van der Waals surface area contributed by atoms with E-state index in [0.717, 1.165) is 0 Å². The monoisotopic (exact) mass is 326 g/mol. The minimum Gasteiger partial charge on any atom is -0.477 e. The van der Waals surface area contributed by atoms with Crippen molar-refractivity contribution in [3.05, 3.63) is 33.9 Å². The van der Waals surface area contributed by atoms with Gasteiger partial charge in [-0.15, -0.1) is 10.2 Å². The number of carboxylic acid groups (broad SMARTS) is 1. The summed E-state index contributed by atoms with van der Waals surface area (Å²) in [5, 5.41) is 28.5. The van der Waals surface area contributed by atoms with Gasteiger partial charge >= 0.3 is 5.97 Å². The molecule has 0 spiro atoms. The number of carbonyl (C=O) groups is 1. The molecule has 10 heteroatoms. The molecule has 21 heavy (non-hydrogen) atoms. The molecule has 0 fully saturated rings. The lowest BCUT2D eigenvalue weighted by Crippen LogP contribution is -2.07. The summed E-state index contributed by atoms with van der Waals surface area (Å²) in [4.78, 5) is 23.5. The first-order valence-electron chi connectivity index (χ1n) is 5.59. The van der Waals surface area contributed by atoms with Gasteiger partial charge in [0.1, 0.15) is 5.56 Å². The minimum absolute atomic E-state index is 0.337. The molecule has 1 aromatic heterocycles. The lowest BCUT2D eigenvalue weighted by atomic mass is 10.2. The molecule has 1 heterocycles. The van der Waals surface area contributed by atoms with Crippen molar-refractivity contribution >= 4 is 39.9 Å². The van der Waals surface area contributed by atoms with Gasteiger partial charge < -0.3 is 10.0 Å². The Hall–Kier alpha value is -2.20. The molecule has 2 aromatic rings. The third-order valence-corrected chi connectivity index (χ3v) is 4.51.